The number of benzene rings is 1. The van der Waals surface area contributed by atoms with Gasteiger partial charge in [0, 0.05) is 36.6 Å². The average Bonchev–Trinajstić information content (AvgIpc) is 3.26. The van der Waals surface area contributed by atoms with Crippen molar-refractivity contribution in [2.75, 3.05) is 33.3 Å². The Labute approximate surface area is 173 Å². The van der Waals surface area contributed by atoms with Gasteiger partial charge in [0.05, 0.1) is 7.11 Å². The number of rotatable bonds is 4. The molecule has 0 saturated carbocycles. The summed E-state index contributed by atoms with van der Waals surface area (Å²) in [7, 11) is 1.31. The van der Waals surface area contributed by atoms with Gasteiger partial charge in [-0.1, -0.05) is 28.1 Å². The first-order valence-electron chi connectivity index (χ1n) is 9.67. The number of nitrogens with zero attached hydrogens (tertiary/aromatic N) is 2. The molecule has 0 aliphatic carbocycles. The fourth-order valence-electron chi connectivity index (χ4n) is 3.75. The molecule has 0 aromatic heterocycles. The number of methoxy groups -OCH3 is 1. The fourth-order valence-corrected chi connectivity index (χ4v) is 4.02. The number of amides is 3. The predicted octanol–water partition coefficient (Wildman–Crippen LogP) is 2.71. The molecule has 28 heavy (non-hydrogen) atoms. The van der Waals surface area contributed by atoms with Crippen molar-refractivity contribution in [3.8, 4) is 0 Å². The van der Waals surface area contributed by atoms with Crippen molar-refractivity contribution < 1.29 is 19.1 Å². The smallest absolute Gasteiger partial charge is 0.333 e. The number of carbonyl (C=O) groups is 3. The van der Waals surface area contributed by atoms with Crippen LogP contribution in [0.4, 0.5) is 4.79 Å². The van der Waals surface area contributed by atoms with E-state index in [4.69, 9.17) is 4.74 Å². The second-order valence-electron chi connectivity index (χ2n) is 7.25. The Balaban J connectivity index is 1.58. The van der Waals surface area contributed by atoms with Crippen LogP contribution in [0.3, 0.4) is 0 Å². The van der Waals surface area contributed by atoms with Gasteiger partial charge in [-0.15, -0.1) is 0 Å². The number of hydrogen-bond acceptors (Lipinski definition) is 4. The van der Waals surface area contributed by atoms with Crippen LogP contribution >= 0.6 is 15.9 Å². The largest absolute Gasteiger partial charge is 0.467 e. The molecule has 152 valence electrons. The van der Waals surface area contributed by atoms with Crippen LogP contribution in [0.5, 0.6) is 0 Å². The second kappa shape index (κ2) is 9.41. The molecule has 3 rings (SSSR count). The molecule has 1 aromatic carbocycles. The van der Waals surface area contributed by atoms with Crippen LogP contribution in [-0.4, -0.2) is 61.0 Å². The molecule has 2 aliphatic rings. The van der Waals surface area contributed by atoms with Gasteiger partial charge in [-0.3, -0.25) is 4.79 Å². The van der Waals surface area contributed by atoms with E-state index in [2.05, 4.69) is 21.2 Å². The highest BCUT2D eigenvalue weighted by atomic mass is 79.9. The maximum absolute atomic E-state index is 12.8. The number of piperidine rings is 1. The van der Waals surface area contributed by atoms with Crippen molar-refractivity contribution >= 4 is 33.8 Å². The maximum atomic E-state index is 12.8. The van der Waals surface area contributed by atoms with Crippen LogP contribution in [0.2, 0.25) is 0 Å². The van der Waals surface area contributed by atoms with E-state index in [1.165, 1.54) is 7.11 Å². The lowest BCUT2D eigenvalue weighted by Gasteiger charge is -2.34. The van der Waals surface area contributed by atoms with Gasteiger partial charge in [0.25, 0.3) is 0 Å². The maximum Gasteiger partial charge on any atom is 0.333 e. The van der Waals surface area contributed by atoms with Gasteiger partial charge in [0.2, 0.25) is 5.91 Å². The summed E-state index contributed by atoms with van der Waals surface area (Å²) >= 11 is 3.36. The monoisotopic (exact) mass is 451 g/mol. The number of nitrogens with one attached hydrogen (secondary N) is 1. The minimum absolute atomic E-state index is 0.0821. The summed E-state index contributed by atoms with van der Waals surface area (Å²) in [5, 5.41) is 2.83. The molecule has 7 nitrogen and oxygen atoms in total. The highest BCUT2D eigenvalue weighted by Crippen LogP contribution is 2.23. The van der Waals surface area contributed by atoms with Crippen molar-refractivity contribution in [2.24, 2.45) is 5.92 Å². The molecule has 1 atom stereocenters. The van der Waals surface area contributed by atoms with Gasteiger partial charge >= 0.3 is 12.0 Å². The summed E-state index contributed by atoms with van der Waals surface area (Å²) < 4.78 is 5.76. The average molecular weight is 452 g/mol. The van der Waals surface area contributed by atoms with Crippen LogP contribution in [0.25, 0.3) is 0 Å². The SMILES string of the molecule is COC(=O)C(NC(=O)C1CCN(C(=O)N2CCCC2)CC1)c1ccc(Br)cc1. The Hall–Kier alpha value is -2.09. The molecule has 1 aromatic rings. The Morgan fingerprint density at radius 1 is 1.04 bits per heavy atom. The number of hydrogen-bond donors (Lipinski definition) is 1. The van der Waals surface area contributed by atoms with E-state index in [1.807, 2.05) is 21.9 Å². The summed E-state index contributed by atoms with van der Waals surface area (Å²) in [5.41, 5.74) is 0.671. The summed E-state index contributed by atoms with van der Waals surface area (Å²) in [5.74, 6) is -0.894. The second-order valence-corrected chi connectivity index (χ2v) is 8.17. The third kappa shape index (κ3) is 4.84. The number of ether oxygens (including phenoxy) is 1. The number of halogens is 1. The molecular formula is C20H26BrN3O4. The lowest BCUT2D eigenvalue weighted by molar-refractivity contribution is -0.146. The number of esters is 1. The molecule has 2 aliphatic heterocycles. The fraction of sp³-hybridized carbons (Fsp3) is 0.550. The van der Waals surface area contributed by atoms with E-state index in [9.17, 15) is 14.4 Å². The molecule has 3 amide bonds. The summed E-state index contributed by atoms with van der Waals surface area (Å²) in [6.45, 7) is 2.78. The molecule has 2 saturated heterocycles. The molecule has 0 bridgehead atoms. The van der Waals surface area contributed by atoms with Crippen molar-refractivity contribution in [3.63, 3.8) is 0 Å². The van der Waals surface area contributed by atoms with Crippen molar-refractivity contribution in [3.05, 3.63) is 34.3 Å². The van der Waals surface area contributed by atoms with Crippen molar-refractivity contribution in [1.29, 1.82) is 0 Å². The molecule has 0 spiro atoms. The van der Waals surface area contributed by atoms with E-state index >= 15 is 0 Å². The van der Waals surface area contributed by atoms with Gasteiger partial charge in [0.1, 0.15) is 0 Å². The first-order valence-corrected chi connectivity index (χ1v) is 10.5. The standard InChI is InChI=1S/C20H26BrN3O4/c1-28-19(26)17(14-4-6-16(21)7-5-14)22-18(25)15-8-12-24(13-9-15)20(27)23-10-2-3-11-23/h4-7,15,17H,2-3,8-13H2,1H3,(H,22,25). The Bertz CT molecular complexity index is 711. The zero-order valence-electron chi connectivity index (χ0n) is 16.0. The number of carbonyl (C=O) groups excluding carboxylic acids is 3. The van der Waals surface area contributed by atoms with Gasteiger partial charge in [-0.25, -0.2) is 9.59 Å². The minimum Gasteiger partial charge on any atom is -0.467 e. The molecule has 1 N–H and O–H groups in total. The van der Waals surface area contributed by atoms with Gasteiger partial charge < -0.3 is 19.9 Å². The molecule has 1 unspecified atom stereocenters. The van der Waals surface area contributed by atoms with E-state index < -0.39 is 12.0 Å². The van der Waals surface area contributed by atoms with E-state index in [0.717, 1.165) is 30.4 Å². The van der Waals surface area contributed by atoms with E-state index in [1.54, 1.807) is 12.1 Å². The van der Waals surface area contributed by atoms with E-state index in [-0.39, 0.29) is 17.9 Å². The van der Waals surface area contributed by atoms with Gasteiger partial charge in [-0.2, -0.15) is 0 Å². The van der Waals surface area contributed by atoms with Crippen molar-refractivity contribution in [1.82, 2.24) is 15.1 Å². The first kappa shape index (κ1) is 20.6. The van der Waals surface area contributed by atoms with Crippen LogP contribution in [0, 0.1) is 5.92 Å². The van der Waals surface area contributed by atoms with Crippen LogP contribution < -0.4 is 5.32 Å². The third-order valence-electron chi connectivity index (χ3n) is 5.44. The quantitative estimate of drug-likeness (QED) is 0.713. The number of likely N-dealkylation sites (tertiary alicyclic amines) is 2. The van der Waals surface area contributed by atoms with Gasteiger partial charge in [0.15, 0.2) is 6.04 Å². The molecule has 0 radical (unpaired) electrons. The van der Waals surface area contributed by atoms with Crippen LogP contribution in [0.15, 0.2) is 28.7 Å². The van der Waals surface area contributed by atoms with Crippen molar-refractivity contribution in [2.45, 2.75) is 31.7 Å². The zero-order chi connectivity index (χ0) is 20.1. The minimum atomic E-state index is -0.838. The molecular weight excluding hydrogens is 426 g/mol. The Kier molecular flexibility index (Phi) is 6.93. The summed E-state index contributed by atoms with van der Waals surface area (Å²) in [6, 6.07) is 6.44. The first-order chi connectivity index (χ1) is 13.5. The molecule has 2 fully saturated rings. The zero-order valence-corrected chi connectivity index (χ0v) is 17.6. The van der Waals surface area contributed by atoms with Crippen LogP contribution in [0.1, 0.15) is 37.3 Å². The predicted molar refractivity (Wildman–Crippen MR) is 108 cm³/mol. The van der Waals surface area contributed by atoms with Crippen LogP contribution in [-0.2, 0) is 14.3 Å². The lowest BCUT2D eigenvalue weighted by atomic mass is 9.95. The van der Waals surface area contributed by atoms with E-state index in [0.29, 0.717) is 31.5 Å². The lowest BCUT2D eigenvalue weighted by Crippen LogP contribution is -2.48. The Morgan fingerprint density at radius 2 is 1.61 bits per heavy atom. The summed E-state index contributed by atoms with van der Waals surface area (Å²) in [6.07, 6.45) is 3.32. The molecule has 2 heterocycles. The highest BCUT2D eigenvalue weighted by Gasteiger charge is 2.32. The normalized spacial score (nSPS) is 18.6. The Morgan fingerprint density at radius 3 is 2.18 bits per heavy atom. The number of urea groups is 1. The topological polar surface area (TPSA) is 79.0 Å². The molecule has 8 heteroatoms. The third-order valence-corrected chi connectivity index (χ3v) is 5.97. The van der Waals surface area contributed by atoms with Gasteiger partial charge in [-0.05, 0) is 43.4 Å². The summed E-state index contributed by atoms with van der Waals surface area (Å²) in [4.78, 5) is 41.2. The highest BCUT2D eigenvalue weighted by molar-refractivity contribution is 9.10.